The van der Waals surface area contributed by atoms with Crippen molar-refractivity contribution in [3.8, 4) is 16.9 Å². The number of hydrogen-bond acceptors (Lipinski definition) is 4. The van der Waals surface area contributed by atoms with Gasteiger partial charge in [0.25, 0.3) is 0 Å². The van der Waals surface area contributed by atoms with E-state index in [2.05, 4.69) is 4.74 Å². The first-order valence-electron chi connectivity index (χ1n) is 10.1. The second kappa shape index (κ2) is 11.2. The number of carboxylic acid groups (broad SMARTS) is 1. The van der Waals surface area contributed by atoms with Gasteiger partial charge in [-0.25, -0.2) is 9.59 Å². The molecule has 1 atom stereocenters. The molecule has 0 aliphatic heterocycles. The van der Waals surface area contributed by atoms with E-state index in [0.717, 1.165) is 16.7 Å². The average molecular weight is 451 g/mol. The standard InChI is InChI=1S/C26H23ClO5/c1-31-25(28)17-13-21-4-2-3-5-23(21)32-24(26(29)30)16-8-18-6-9-19(10-7-18)20-11-14-22(27)15-12-20/h2-7,9-15,17,24H,8,16H2,1H3,(H,29,30)/b17-13+. The van der Waals surface area contributed by atoms with E-state index in [-0.39, 0.29) is 0 Å². The lowest BCUT2D eigenvalue weighted by Crippen LogP contribution is -2.27. The highest BCUT2D eigenvalue weighted by Gasteiger charge is 2.20. The number of carboxylic acids is 1. The summed E-state index contributed by atoms with van der Waals surface area (Å²) >= 11 is 5.94. The number of benzene rings is 3. The molecule has 32 heavy (non-hydrogen) atoms. The molecule has 0 saturated heterocycles. The van der Waals surface area contributed by atoms with Crippen LogP contribution < -0.4 is 4.74 Å². The highest BCUT2D eigenvalue weighted by Crippen LogP contribution is 2.24. The molecule has 3 rings (SSSR count). The van der Waals surface area contributed by atoms with Crippen LogP contribution in [0.3, 0.4) is 0 Å². The lowest BCUT2D eigenvalue weighted by atomic mass is 10.0. The fourth-order valence-electron chi connectivity index (χ4n) is 3.14. The van der Waals surface area contributed by atoms with Gasteiger partial charge in [0.05, 0.1) is 7.11 Å². The second-order valence-corrected chi connectivity index (χ2v) is 7.52. The van der Waals surface area contributed by atoms with E-state index in [1.165, 1.54) is 19.3 Å². The summed E-state index contributed by atoms with van der Waals surface area (Å²) in [5.41, 5.74) is 3.72. The van der Waals surface area contributed by atoms with Crippen LogP contribution in [0.2, 0.25) is 5.02 Å². The van der Waals surface area contributed by atoms with Crippen molar-refractivity contribution in [2.45, 2.75) is 18.9 Å². The zero-order valence-corrected chi connectivity index (χ0v) is 18.3. The number of rotatable bonds is 9. The smallest absolute Gasteiger partial charge is 0.344 e. The Hall–Kier alpha value is -3.57. The average Bonchev–Trinajstić information content (AvgIpc) is 2.81. The summed E-state index contributed by atoms with van der Waals surface area (Å²) in [5.74, 6) is -1.16. The number of esters is 1. The highest BCUT2D eigenvalue weighted by atomic mass is 35.5. The highest BCUT2D eigenvalue weighted by molar-refractivity contribution is 6.30. The van der Waals surface area contributed by atoms with Gasteiger partial charge in [-0.3, -0.25) is 0 Å². The number of carbonyl (C=O) groups is 2. The number of aryl methyl sites for hydroxylation is 1. The minimum atomic E-state index is -1.05. The van der Waals surface area contributed by atoms with Crippen LogP contribution in [0.25, 0.3) is 17.2 Å². The van der Waals surface area contributed by atoms with Crippen LogP contribution in [0.15, 0.2) is 78.9 Å². The number of para-hydroxylation sites is 1. The van der Waals surface area contributed by atoms with E-state index in [1.54, 1.807) is 24.3 Å². The maximum atomic E-state index is 11.8. The fraction of sp³-hybridized carbons (Fsp3) is 0.154. The molecular weight excluding hydrogens is 428 g/mol. The third-order valence-electron chi connectivity index (χ3n) is 4.89. The molecule has 0 aromatic heterocycles. The lowest BCUT2D eigenvalue weighted by Gasteiger charge is -2.17. The van der Waals surface area contributed by atoms with Crippen molar-refractivity contribution < 1.29 is 24.2 Å². The maximum absolute atomic E-state index is 11.8. The molecule has 0 amide bonds. The second-order valence-electron chi connectivity index (χ2n) is 7.08. The number of halogens is 1. The largest absolute Gasteiger partial charge is 0.479 e. The molecule has 0 aliphatic rings. The Bertz CT molecular complexity index is 1090. The van der Waals surface area contributed by atoms with Crippen molar-refractivity contribution in [2.24, 2.45) is 0 Å². The molecule has 1 N–H and O–H groups in total. The van der Waals surface area contributed by atoms with E-state index < -0.39 is 18.0 Å². The molecular formula is C26H23ClO5. The van der Waals surface area contributed by atoms with E-state index in [0.29, 0.717) is 29.2 Å². The number of aliphatic carboxylic acids is 1. The van der Waals surface area contributed by atoms with Crippen LogP contribution in [0, 0.1) is 0 Å². The summed E-state index contributed by atoms with van der Waals surface area (Å²) in [4.78, 5) is 23.2. The van der Waals surface area contributed by atoms with E-state index in [4.69, 9.17) is 16.3 Å². The third kappa shape index (κ3) is 6.46. The number of methoxy groups -OCH3 is 1. The van der Waals surface area contributed by atoms with Gasteiger partial charge in [-0.05, 0) is 53.8 Å². The quantitative estimate of drug-likeness (QED) is 0.336. The molecule has 1 unspecified atom stereocenters. The summed E-state index contributed by atoms with van der Waals surface area (Å²) in [5, 5.41) is 10.3. The van der Waals surface area contributed by atoms with Crippen LogP contribution in [-0.4, -0.2) is 30.3 Å². The fourth-order valence-corrected chi connectivity index (χ4v) is 3.27. The Kier molecular flexibility index (Phi) is 8.06. The van der Waals surface area contributed by atoms with Gasteiger partial charge in [-0.2, -0.15) is 0 Å². The van der Waals surface area contributed by atoms with Crippen LogP contribution in [0.5, 0.6) is 5.75 Å². The normalized spacial score (nSPS) is 11.8. The van der Waals surface area contributed by atoms with Gasteiger partial charge < -0.3 is 14.6 Å². The van der Waals surface area contributed by atoms with Gasteiger partial charge in [-0.1, -0.05) is 66.2 Å². The Morgan fingerprint density at radius 1 is 0.969 bits per heavy atom. The molecule has 3 aromatic carbocycles. The Labute approximate surface area is 191 Å². The van der Waals surface area contributed by atoms with E-state index in [1.807, 2.05) is 48.5 Å². The monoisotopic (exact) mass is 450 g/mol. The lowest BCUT2D eigenvalue weighted by molar-refractivity contribution is -0.145. The Morgan fingerprint density at radius 3 is 2.22 bits per heavy atom. The van der Waals surface area contributed by atoms with Crippen LogP contribution in [0.1, 0.15) is 17.5 Å². The first kappa shape index (κ1) is 23.1. The van der Waals surface area contributed by atoms with Crippen LogP contribution in [-0.2, 0) is 20.7 Å². The molecule has 6 heteroatoms. The predicted octanol–water partition coefficient (Wildman–Crippen LogP) is 5.66. The Morgan fingerprint density at radius 2 is 1.59 bits per heavy atom. The maximum Gasteiger partial charge on any atom is 0.344 e. The summed E-state index contributed by atoms with van der Waals surface area (Å²) in [6.45, 7) is 0. The first-order chi connectivity index (χ1) is 15.5. The summed E-state index contributed by atoms with van der Waals surface area (Å²) < 4.78 is 10.4. The van der Waals surface area contributed by atoms with Crippen molar-refractivity contribution in [1.82, 2.24) is 0 Å². The number of hydrogen-bond donors (Lipinski definition) is 1. The Balaban J connectivity index is 1.67. The van der Waals surface area contributed by atoms with Crippen molar-refractivity contribution in [1.29, 1.82) is 0 Å². The van der Waals surface area contributed by atoms with Gasteiger partial charge in [-0.15, -0.1) is 0 Å². The zero-order chi connectivity index (χ0) is 22.9. The van der Waals surface area contributed by atoms with Crippen LogP contribution >= 0.6 is 11.6 Å². The van der Waals surface area contributed by atoms with Gasteiger partial charge in [0, 0.05) is 16.7 Å². The first-order valence-corrected chi connectivity index (χ1v) is 10.4. The van der Waals surface area contributed by atoms with Gasteiger partial charge >= 0.3 is 11.9 Å². The SMILES string of the molecule is COC(=O)/C=C/c1ccccc1OC(CCc1ccc(-c2ccc(Cl)cc2)cc1)C(=O)O. The predicted molar refractivity (Wildman–Crippen MR) is 125 cm³/mol. The van der Waals surface area contributed by atoms with Crippen molar-refractivity contribution >= 4 is 29.6 Å². The molecule has 0 spiro atoms. The molecule has 3 aromatic rings. The molecule has 0 heterocycles. The molecule has 164 valence electrons. The molecule has 0 radical (unpaired) electrons. The molecule has 0 bridgehead atoms. The van der Waals surface area contributed by atoms with Crippen molar-refractivity contribution in [2.75, 3.05) is 7.11 Å². The van der Waals surface area contributed by atoms with Crippen molar-refractivity contribution in [3.63, 3.8) is 0 Å². The number of carbonyl (C=O) groups excluding carboxylic acids is 1. The topological polar surface area (TPSA) is 72.8 Å². The molecule has 0 saturated carbocycles. The van der Waals surface area contributed by atoms with Gasteiger partial charge in [0.2, 0.25) is 0 Å². The molecule has 0 aliphatic carbocycles. The molecule has 0 fully saturated rings. The minimum Gasteiger partial charge on any atom is -0.479 e. The summed E-state index contributed by atoms with van der Waals surface area (Å²) in [6, 6.07) is 22.5. The van der Waals surface area contributed by atoms with Crippen LogP contribution in [0.4, 0.5) is 0 Å². The van der Waals surface area contributed by atoms with Gasteiger partial charge in [0.1, 0.15) is 5.75 Å². The summed E-state index contributed by atoms with van der Waals surface area (Å²) in [6.07, 6.45) is 2.61. The van der Waals surface area contributed by atoms with E-state index >= 15 is 0 Å². The minimum absolute atomic E-state index is 0.296. The van der Waals surface area contributed by atoms with Crippen molar-refractivity contribution in [3.05, 3.63) is 95.0 Å². The zero-order valence-electron chi connectivity index (χ0n) is 17.5. The summed E-state index contributed by atoms with van der Waals surface area (Å²) in [7, 11) is 1.29. The number of ether oxygens (including phenoxy) is 2. The molecule has 5 nitrogen and oxygen atoms in total. The third-order valence-corrected chi connectivity index (χ3v) is 5.14. The van der Waals surface area contributed by atoms with E-state index in [9.17, 15) is 14.7 Å². The van der Waals surface area contributed by atoms with Gasteiger partial charge in [0.15, 0.2) is 6.10 Å².